The minimum Gasteiger partial charge on any atom is -0.488 e. The van der Waals surface area contributed by atoms with Gasteiger partial charge in [-0.1, -0.05) is 17.7 Å². The molecule has 1 aliphatic heterocycles. The van der Waals surface area contributed by atoms with Crippen molar-refractivity contribution in [3.63, 3.8) is 0 Å². The van der Waals surface area contributed by atoms with Crippen LogP contribution in [0.5, 0.6) is 17.2 Å². The van der Waals surface area contributed by atoms with Gasteiger partial charge in [0.15, 0.2) is 0 Å². The molecule has 1 heterocycles. The molecule has 1 N–H and O–H groups in total. The zero-order valence-corrected chi connectivity index (χ0v) is 21.0. The normalized spacial score (nSPS) is 16.3. The summed E-state index contributed by atoms with van der Waals surface area (Å²) in [4.78, 5) is 1.79. The van der Waals surface area contributed by atoms with E-state index in [2.05, 4.69) is 4.72 Å². The lowest BCUT2D eigenvalue weighted by atomic mass is 10.1. The van der Waals surface area contributed by atoms with Gasteiger partial charge in [0.1, 0.15) is 35.0 Å². The number of nitriles is 1. The zero-order valence-electron chi connectivity index (χ0n) is 19.4. The van der Waals surface area contributed by atoms with Gasteiger partial charge >= 0.3 is 6.18 Å². The molecular formula is C25H21ClF3N3O4S. The maximum Gasteiger partial charge on any atom is 0.419 e. The van der Waals surface area contributed by atoms with Crippen LogP contribution in [0.1, 0.15) is 17.5 Å². The molecule has 1 fully saturated rings. The predicted molar refractivity (Wildman–Crippen MR) is 131 cm³/mol. The monoisotopic (exact) mass is 551 g/mol. The number of rotatable bonds is 7. The number of ether oxygens (including phenoxy) is 2. The van der Waals surface area contributed by atoms with Crippen LogP contribution >= 0.6 is 11.6 Å². The van der Waals surface area contributed by atoms with Crippen molar-refractivity contribution in [2.45, 2.75) is 23.6 Å². The largest absolute Gasteiger partial charge is 0.488 e. The number of alkyl halides is 3. The molecule has 0 aliphatic carbocycles. The second kappa shape index (κ2) is 10.5. The van der Waals surface area contributed by atoms with Crippen molar-refractivity contribution in [1.29, 1.82) is 5.26 Å². The molecule has 3 aromatic rings. The van der Waals surface area contributed by atoms with E-state index >= 15 is 0 Å². The fourth-order valence-corrected chi connectivity index (χ4v) is 5.07. The Morgan fingerprint density at radius 2 is 1.84 bits per heavy atom. The third-order valence-electron chi connectivity index (χ3n) is 5.63. The molecule has 0 aromatic heterocycles. The molecule has 0 spiro atoms. The quantitative estimate of drug-likeness (QED) is 0.393. The van der Waals surface area contributed by atoms with Gasteiger partial charge < -0.3 is 14.4 Å². The Labute approximate surface area is 217 Å². The lowest BCUT2D eigenvalue weighted by Gasteiger charge is -2.19. The molecule has 0 unspecified atom stereocenters. The highest BCUT2D eigenvalue weighted by Gasteiger charge is 2.36. The summed E-state index contributed by atoms with van der Waals surface area (Å²) in [6, 6.07) is 14.8. The summed E-state index contributed by atoms with van der Waals surface area (Å²) in [5, 5.41) is 9.48. The minimum atomic E-state index is -4.67. The average Bonchev–Trinajstić information content (AvgIpc) is 3.23. The van der Waals surface area contributed by atoms with Gasteiger partial charge in [-0.15, -0.1) is 0 Å². The van der Waals surface area contributed by atoms with Crippen LogP contribution in [0.2, 0.25) is 5.02 Å². The van der Waals surface area contributed by atoms with Crippen LogP contribution in [0.3, 0.4) is 0 Å². The topological polar surface area (TPSA) is 91.7 Å². The molecule has 0 radical (unpaired) electrons. The second-order valence-corrected chi connectivity index (χ2v) is 10.5. The van der Waals surface area contributed by atoms with Gasteiger partial charge in [0, 0.05) is 19.2 Å². The Morgan fingerprint density at radius 1 is 1.11 bits per heavy atom. The molecule has 1 aliphatic rings. The van der Waals surface area contributed by atoms with Gasteiger partial charge in [-0.25, -0.2) is 8.42 Å². The van der Waals surface area contributed by atoms with Crippen molar-refractivity contribution in [2.75, 3.05) is 24.9 Å². The standard InChI is InChI=1S/C25H21ClF3N3O4S/c1-32-12-11-18(15-32)36-24-13-16(5-10-21(24)25(27,28)29)31-37(33,34)19-8-6-17(7-9-19)35-23-4-2-3-22(26)20(23)14-30/h2-10,13,18,31H,11-12,15H2,1H3/t18-/m0/s1. The van der Waals surface area contributed by atoms with E-state index in [1.165, 1.54) is 30.3 Å². The number of halogens is 4. The van der Waals surface area contributed by atoms with Crippen molar-refractivity contribution in [2.24, 2.45) is 0 Å². The van der Waals surface area contributed by atoms with Crippen LogP contribution in [0.25, 0.3) is 0 Å². The van der Waals surface area contributed by atoms with Crippen LogP contribution in [-0.2, 0) is 16.2 Å². The summed E-state index contributed by atoms with van der Waals surface area (Å²) in [7, 11) is -2.31. The molecule has 7 nitrogen and oxygen atoms in total. The van der Waals surface area contributed by atoms with E-state index < -0.39 is 33.6 Å². The van der Waals surface area contributed by atoms with E-state index in [1.807, 2.05) is 18.0 Å². The summed E-state index contributed by atoms with van der Waals surface area (Å²) < 4.78 is 80.0. The maximum atomic E-state index is 13.5. The Kier molecular flexibility index (Phi) is 7.54. The number of likely N-dealkylation sites (tertiary alicyclic amines) is 1. The molecule has 37 heavy (non-hydrogen) atoms. The van der Waals surface area contributed by atoms with Crippen molar-refractivity contribution in [1.82, 2.24) is 4.90 Å². The lowest BCUT2D eigenvalue weighted by molar-refractivity contribution is -0.139. The third kappa shape index (κ3) is 6.28. The highest BCUT2D eigenvalue weighted by molar-refractivity contribution is 7.92. The number of nitrogens with zero attached hydrogens (tertiary/aromatic N) is 2. The van der Waals surface area contributed by atoms with Crippen molar-refractivity contribution in [3.05, 3.63) is 76.8 Å². The van der Waals surface area contributed by atoms with E-state index in [0.717, 1.165) is 18.2 Å². The highest BCUT2D eigenvalue weighted by atomic mass is 35.5. The zero-order chi connectivity index (χ0) is 26.8. The van der Waals surface area contributed by atoms with Gasteiger partial charge in [-0.2, -0.15) is 18.4 Å². The van der Waals surface area contributed by atoms with E-state index in [0.29, 0.717) is 19.5 Å². The number of likely N-dealkylation sites (N-methyl/N-ethyl adjacent to an activating group) is 1. The summed E-state index contributed by atoms with van der Waals surface area (Å²) in [5.74, 6) is 0.0190. The van der Waals surface area contributed by atoms with Crippen LogP contribution in [-0.4, -0.2) is 39.6 Å². The Morgan fingerprint density at radius 3 is 2.46 bits per heavy atom. The maximum absolute atomic E-state index is 13.5. The van der Waals surface area contributed by atoms with Gasteiger partial charge in [0.25, 0.3) is 10.0 Å². The van der Waals surface area contributed by atoms with E-state index in [9.17, 15) is 26.9 Å². The number of benzene rings is 3. The molecule has 0 amide bonds. The minimum absolute atomic E-state index is 0.0766. The molecule has 0 saturated carbocycles. The smallest absolute Gasteiger partial charge is 0.419 e. The number of nitrogens with one attached hydrogen (secondary N) is 1. The molecule has 3 aromatic carbocycles. The van der Waals surface area contributed by atoms with Crippen LogP contribution in [0.15, 0.2) is 65.6 Å². The van der Waals surface area contributed by atoms with Crippen LogP contribution in [0, 0.1) is 11.3 Å². The van der Waals surface area contributed by atoms with Gasteiger partial charge in [-0.05, 0) is 62.0 Å². The Hall–Kier alpha value is -3.46. The molecule has 0 bridgehead atoms. The summed E-state index contributed by atoms with van der Waals surface area (Å²) in [5.41, 5.74) is -0.927. The first-order valence-corrected chi connectivity index (χ1v) is 12.9. The second-order valence-electron chi connectivity index (χ2n) is 8.40. The summed E-state index contributed by atoms with van der Waals surface area (Å²) in [6.45, 7) is 1.15. The third-order valence-corrected chi connectivity index (χ3v) is 7.34. The van der Waals surface area contributed by atoms with E-state index in [-0.39, 0.29) is 32.7 Å². The first-order chi connectivity index (χ1) is 17.5. The molecule has 4 rings (SSSR count). The number of anilines is 1. The van der Waals surface area contributed by atoms with Crippen LogP contribution in [0.4, 0.5) is 18.9 Å². The average molecular weight is 552 g/mol. The van der Waals surface area contributed by atoms with E-state index in [4.69, 9.17) is 21.1 Å². The number of hydrogen-bond acceptors (Lipinski definition) is 6. The summed E-state index contributed by atoms with van der Waals surface area (Å²) >= 11 is 5.99. The molecule has 1 atom stereocenters. The summed E-state index contributed by atoms with van der Waals surface area (Å²) in [6.07, 6.45) is -4.54. The van der Waals surface area contributed by atoms with Crippen LogP contribution < -0.4 is 14.2 Å². The number of sulfonamides is 1. The molecular weight excluding hydrogens is 531 g/mol. The molecule has 1 saturated heterocycles. The Balaban J connectivity index is 1.54. The predicted octanol–water partition coefficient (Wildman–Crippen LogP) is 5.91. The van der Waals surface area contributed by atoms with Crippen molar-refractivity contribution < 1.29 is 31.1 Å². The van der Waals surface area contributed by atoms with Crippen molar-refractivity contribution in [3.8, 4) is 23.3 Å². The SMILES string of the molecule is CN1CC[C@H](Oc2cc(NS(=O)(=O)c3ccc(Oc4cccc(Cl)c4C#N)cc3)ccc2C(F)(F)F)C1. The fraction of sp³-hybridized carbons (Fsp3) is 0.240. The molecule has 12 heteroatoms. The molecule has 194 valence electrons. The van der Waals surface area contributed by atoms with Gasteiger partial charge in [0.2, 0.25) is 0 Å². The fourth-order valence-electron chi connectivity index (χ4n) is 3.81. The Bertz CT molecular complexity index is 1440. The highest BCUT2D eigenvalue weighted by Crippen LogP contribution is 2.39. The number of hydrogen-bond donors (Lipinski definition) is 1. The van der Waals surface area contributed by atoms with Gasteiger partial charge in [0.05, 0.1) is 21.2 Å². The van der Waals surface area contributed by atoms with E-state index in [1.54, 1.807) is 12.1 Å². The first-order valence-electron chi connectivity index (χ1n) is 11.0. The lowest BCUT2D eigenvalue weighted by Crippen LogP contribution is -2.23. The van der Waals surface area contributed by atoms with Gasteiger partial charge in [-0.3, -0.25) is 4.72 Å². The first kappa shape index (κ1) is 26.6. The van der Waals surface area contributed by atoms with Crippen molar-refractivity contribution >= 4 is 27.3 Å².